The number of phenols is 1. The van der Waals surface area contributed by atoms with E-state index in [0.717, 1.165) is 104 Å². The second-order valence-corrected chi connectivity index (χ2v) is 29.9. The van der Waals surface area contributed by atoms with Crippen LogP contribution in [0.1, 0.15) is 52.7 Å². The van der Waals surface area contributed by atoms with Crippen molar-refractivity contribution < 1.29 is 190 Å². The molecule has 12 heterocycles. The van der Waals surface area contributed by atoms with Gasteiger partial charge in [-0.15, -0.1) is 62.6 Å². The van der Waals surface area contributed by atoms with Crippen molar-refractivity contribution in [1.82, 2.24) is 88.4 Å². The molecular formula is C61H65BBr3Cs2F2N21O9S. The summed E-state index contributed by atoms with van der Waals surface area (Å²) in [7, 11) is -1.81. The van der Waals surface area contributed by atoms with Crippen molar-refractivity contribution in [2.24, 2.45) is 0 Å². The molecule has 3 aliphatic rings. The number of carbonyl (C=O) groups excluding carboxylic acids is 1. The number of halogens is 5. The number of nitrogens with zero attached hydrogens (tertiary/aromatic N) is 18. The fourth-order valence-corrected chi connectivity index (χ4v) is 11.4. The van der Waals surface area contributed by atoms with Crippen LogP contribution in [0.15, 0.2) is 110 Å². The quantitative estimate of drug-likeness (QED) is 0.0370. The number of methoxy groups -OCH3 is 1. The van der Waals surface area contributed by atoms with Crippen LogP contribution >= 0.6 is 47.3 Å². The zero-order valence-corrected chi connectivity index (χ0v) is 72.8. The molecule has 7 N–H and O–H groups in total. The zero-order chi connectivity index (χ0) is 69.5. The monoisotopic (exact) mass is 1820 g/mol. The summed E-state index contributed by atoms with van der Waals surface area (Å²) in [6.07, 6.45) is 9.29. The molecule has 15 rings (SSSR count). The molecule has 12 aromatic rings. The van der Waals surface area contributed by atoms with Gasteiger partial charge < -0.3 is 43.4 Å². The summed E-state index contributed by atoms with van der Waals surface area (Å²) in [6, 6.07) is 28.8. The summed E-state index contributed by atoms with van der Waals surface area (Å²) in [4.78, 5) is 58.8. The standard InChI is InChI=1S/C20H20FN7O.C19H19N7O.C18H17N7O.C3H7FO3S.CH2O3.BBr3.2Cs.H/c21-7-10-29-16-5-1-4-14-18(16)25-20(22)28-19(14)24-17(26-28)12-27-9-6-13-3-2-8-23-15(13)11-27;1-27-15-6-2-5-13-17(15)23-19(20)26-18(13)22-16(24-26)11-25-9-7-12-4-3-8-21-14(12)10-25;19-18-22-16-12(4-1-5-14(16)26)17-21-15(23-25(17)18)10-24-8-6-11-3-2-7-20-13(11)9-24;1-8(5,6)7-3-2-4;2-1-4-3;2-1(3)4;;;/h1-5,8H,6-7,9-12H2,(H2,22,25);2-6,8H,7,9-11H2,1H3,(H2,20,23);1-5,7,26H,6,8-10H2,(H2,19,22);2-3H2,1H3;1,3H;;;;/q;;;;;;2*+1;-1/p-1. The maximum Gasteiger partial charge on any atom is 1.00 e. The average molecular weight is 1820 g/mol. The predicted molar refractivity (Wildman–Crippen MR) is 372 cm³/mol. The van der Waals surface area contributed by atoms with E-state index in [1.165, 1.54) is 21.2 Å². The number of hydrogen-bond donors (Lipinski definition) is 4. The first-order valence-electron chi connectivity index (χ1n) is 30.1. The van der Waals surface area contributed by atoms with Gasteiger partial charge in [0, 0.05) is 74.0 Å². The molecule has 0 atom stereocenters. The Hall–Kier alpha value is -4.97. The maximum absolute atomic E-state index is 12.5. The van der Waals surface area contributed by atoms with Gasteiger partial charge in [-0.05, 0) is 90.6 Å². The Kier molecular flexibility index (Phi) is 31.2. The number of carbonyl (C=O) groups is 1. The number of fused-ring (bicyclic) bond motifs is 12. The first-order valence-corrected chi connectivity index (χ1v) is 34.6. The fraction of sp³-hybridized carbons (Fsp3) is 0.295. The predicted octanol–water partition coefficient (Wildman–Crippen LogP) is 0.145. The molecule has 9 aromatic heterocycles. The number of rotatable bonds is 14. The summed E-state index contributed by atoms with van der Waals surface area (Å²) < 4.78 is 63.5. The minimum atomic E-state index is -3.43. The summed E-state index contributed by atoms with van der Waals surface area (Å²) in [5.74, 6) is 4.02. The number of aromatic nitrogens is 15. The second kappa shape index (κ2) is 38.7. The van der Waals surface area contributed by atoms with Gasteiger partial charge in [-0.25, -0.2) is 38.7 Å². The topological polar surface area (TPSA) is 387 Å². The minimum Gasteiger partial charge on any atom is -1.00 e. The third-order valence-corrected chi connectivity index (χ3v) is 15.8. The van der Waals surface area contributed by atoms with Gasteiger partial charge >= 0.3 is 141 Å². The number of alkyl halides is 2. The molecule has 0 unspecified atom stereocenters. The van der Waals surface area contributed by atoms with E-state index >= 15 is 0 Å². The number of nitrogen functional groups attached to an aromatic ring is 3. The van der Waals surface area contributed by atoms with Gasteiger partial charge in [0.1, 0.15) is 53.8 Å². The zero-order valence-electron chi connectivity index (χ0n) is 55.7. The molecule has 514 valence electrons. The van der Waals surface area contributed by atoms with Crippen molar-refractivity contribution in [3.05, 3.63) is 161 Å². The van der Waals surface area contributed by atoms with Crippen LogP contribution in [0.5, 0.6) is 17.2 Å². The molecule has 0 spiro atoms. The molecule has 3 aromatic carbocycles. The number of hydrogen-bond acceptors (Lipinski definition) is 27. The van der Waals surface area contributed by atoms with Gasteiger partial charge in [-0.2, -0.15) is 22.0 Å². The van der Waals surface area contributed by atoms with E-state index in [1.54, 1.807) is 34.3 Å². The van der Waals surface area contributed by atoms with E-state index < -0.39 is 23.5 Å². The van der Waals surface area contributed by atoms with Crippen molar-refractivity contribution in [3.63, 3.8) is 0 Å². The SMILES string of the molecule is BrB(Br)Br.COc1cccc2c1nc(N)n1nc(CN3CCc4cccnc4C3)nc21.CS(=O)(=O)OCCF.Nc1nc2c(O)cccc2c2nc(CN3CCc4cccnc4C3)nn12.Nc1nc2c(OCCF)cccc2c2nc(CN3CCc4cccnc4C3)nn12.O=CO[O-].[Cs+].[Cs+].[H-]. The van der Waals surface area contributed by atoms with Crippen LogP contribution in [0.25, 0.3) is 49.7 Å². The van der Waals surface area contributed by atoms with Crippen molar-refractivity contribution >= 4 is 135 Å². The number of phenolic OH excluding ortho intramolecular Hbond substituents is 1. The Morgan fingerprint density at radius 1 is 0.580 bits per heavy atom. The summed E-state index contributed by atoms with van der Waals surface area (Å²) in [5.41, 5.74) is 29.1. The van der Waals surface area contributed by atoms with Gasteiger partial charge in [-0.3, -0.25) is 38.6 Å². The number of ether oxygens (including phenoxy) is 2. The van der Waals surface area contributed by atoms with Crippen molar-refractivity contribution in [2.45, 2.75) is 58.5 Å². The third kappa shape index (κ3) is 21.1. The van der Waals surface area contributed by atoms with E-state index in [9.17, 15) is 22.3 Å². The maximum atomic E-state index is 12.5. The Morgan fingerprint density at radius 3 is 1.30 bits per heavy atom. The molecule has 30 nitrogen and oxygen atoms in total. The van der Waals surface area contributed by atoms with Gasteiger partial charge in [0.15, 0.2) is 34.4 Å². The molecule has 0 saturated heterocycles. The average Bonchev–Trinajstić information content (AvgIpc) is 1.66. The first-order chi connectivity index (χ1) is 47.3. The molecule has 3 aliphatic heterocycles. The van der Waals surface area contributed by atoms with Crippen LogP contribution in [-0.4, -0.2) is 171 Å². The third-order valence-electron chi connectivity index (χ3n) is 15.2. The molecule has 0 bridgehead atoms. The summed E-state index contributed by atoms with van der Waals surface area (Å²) in [5, 5.41) is 34.5. The smallest absolute Gasteiger partial charge is 1.00 e. The fourth-order valence-electron chi connectivity index (χ4n) is 11.1. The van der Waals surface area contributed by atoms with E-state index in [1.807, 2.05) is 73.2 Å². The normalized spacial score (nSPS) is 13.4. The van der Waals surface area contributed by atoms with E-state index in [2.05, 4.69) is 139 Å². The number of nitrogens with two attached hydrogens (primary N) is 3. The first kappa shape index (κ1) is 80.7. The van der Waals surface area contributed by atoms with Crippen LogP contribution < -0.4 is 170 Å². The second-order valence-electron chi connectivity index (χ2n) is 21.8. The van der Waals surface area contributed by atoms with Gasteiger partial charge in [0.25, 0.3) is 16.6 Å². The Bertz CT molecular complexity index is 4900. The van der Waals surface area contributed by atoms with E-state index in [4.69, 9.17) is 46.7 Å². The minimum absolute atomic E-state index is 0. The largest absolute Gasteiger partial charge is 1.00 e. The summed E-state index contributed by atoms with van der Waals surface area (Å²) in [6.45, 7) is 5.06. The molecule has 39 heteroatoms. The van der Waals surface area contributed by atoms with Crippen LogP contribution in [0, 0.1) is 0 Å². The Morgan fingerprint density at radius 2 is 0.940 bits per heavy atom. The number of benzene rings is 3. The van der Waals surface area contributed by atoms with Crippen LogP contribution in [0.4, 0.5) is 26.6 Å². The number of aromatic hydroxyl groups is 1. The van der Waals surface area contributed by atoms with Crippen molar-refractivity contribution in [2.75, 3.05) is 76.8 Å². The van der Waals surface area contributed by atoms with Crippen LogP contribution in [0.2, 0.25) is 0 Å². The van der Waals surface area contributed by atoms with E-state index in [-0.39, 0.29) is 180 Å². The molecule has 100 heavy (non-hydrogen) atoms. The molecular weight excluding hydrogens is 1760 g/mol. The molecule has 0 radical (unpaired) electrons. The van der Waals surface area contributed by atoms with Crippen LogP contribution in [-0.2, 0) is 82.5 Å². The number of para-hydroxylation sites is 3. The summed E-state index contributed by atoms with van der Waals surface area (Å²) >= 11 is 9.31. The molecule has 0 amide bonds. The molecule has 0 saturated carbocycles. The molecule has 0 fully saturated rings. The van der Waals surface area contributed by atoms with Gasteiger partial charge in [0.2, 0.25) is 17.8 Å². The van der Waals surface area contributed by atoms with Gasteiger partial charge in [-0.1, -0.05) is 36.4 Å². The number of anilines is 3. The van der Waals surface area contributed by atoms with Crippen molar-refractivity contribution in [1.29, 1.82) is 0 Å². The van der Waals surface area contributed by atoms with Crippen LogP contribution in [0.3, 0.4) is 0 Å². The Balaban J connectivity index is 0.000000189. The van der Waals surface area contributed by atoms with E-state index in [0.29, 0.717) is 82.2 Å². The Labute approximate surface area is 715 Å². The van der Waals surface area contributed by atoms with Crippen molar-refractivity contribution in [3.8, 4) is 17.2 Å². The molecule has 0 aliphatic carbocycles. The van der Waals surface area contributed by atoms with Gasteiger partial charge in [0.05, 0.1) is 56.7 Å². The number of pyridine rings is 3.